The molecule has 0 aliphatic heterocycles. The number of phosphoric acid groups is 1. The standard InChI is InChI=1S/C37H67O8P/c1-3-5-7-9-11-12-13-14-15-16-17-19-24-28-32-43-36(34-45-46(40,41)42)33-44-37(39)31-27-23-20-22-26-30-35(38)29-25-21-18-10-8-6-4-2/h18,21,25,28-29,32,36H,3-17,19-20,22-24,26-27,30-31,33-34H2,1-2H3,(H2,40,41,42)/b21-18-,29-25+,32-28+/t36-/m1/s1. The molecule has 0 saturated heterocycles. The molecule has 0 amide bonds. The molecular formula is C37H67O8P. The zero-order valence-corrected chi connectivity index (χ0v) is 30.1. The van der Waals surface area contributed by atoms with Gasteiger partial charge in [0.15, 0.2) is 11.9 Å². The van der Waals surface area contributed by atoms with Crippen molar-refractivity contribution in [1.29, 1.82) is 0 Å². The first-order valence-corrected chi connectivity index (χ1v) is 19.8. The van der Waals surface area contributed by atoms with Crippen LogP contribution < -0.4 is 0 Å². The molecule has 0 aromatic rings. The maximum Gasteiger partial charge on any atom is 0.469 e. The van der Waals surface area contributed by atoms with Gasteiger partial charge in [0.1, 0.15) is 6.61 Å². The minimum Gasteiger partial charge on any atom is -0.492 e. The highest BCUT2D eigenvalue weighted by Crippen LogP contribution is 2.35. The molecular weight excluding hydrogens is 603 g/mol. The van der Waals surface area contributed by atoms with E-state index in [4.69, 9.17) is 19.3 Å². The van der Waals surface area contributed by atoms with E-state index in [1.165, 1.54) is 89.7 Å². The molecule has 0 aromatic heterocycles. The van der Waals surface area contributed by atoms with Crippen LogP contribution in [0.2, 0.25) is 0 Å². The Bertz CT molecular complexity index is 848. The zero-order valence-electron chi connectivity index (χ0n) is 29.2. The lowest BCUT2D eigenvalue weighted by atomic mass is 10.0. The molecule has 0 unspecified atom stereocenters. The van der Waals surface area contributed by atoms with Gasteiger partial charge in [-0.1, -0.05) is 135 Å². The van der Waals surface area contributed by atoms with Gasteiger partial charge in [0.05, 0.1) is 12.9 Å². The zero-order chi connectivity index (χ0) is 34.0. The molecule has 0 rings (SSSR count). The molecule has 0 saturated carbocycles. The Balaban J connectivity index is 3.99. The number of carbonyl (C=O) groups is 2. The van der Waals surface area contributed by atoms with Crippen molar-refractivity contribution in [2.24, 2.45) is 0 Å². The van der Waals surface area contributed by atoms with E-state index in [1.807, 2.05) is 18.2 Å². The smallest absolute Gasteiger partial charge is 0.469 e. The van der Waals surface area contributed by atoms with Gasteiger partial charge >= 0.3 is 13.8 Å². The van der Waals surface area contributed by atoms with E-state index in [2.05, 4.69) is 24.4 Å². The summed E-state index contributed by atoms with van der Waals surface area (Å²) in [6, 6.07) is 0. The molecule has 0 heterocycles. The highest BCUT2D eigenvalue weighted by atomic mass is 31.2. The van der Waals surface area contributed by atoms with Gasteiger partial charge in [-0.25, -0.2) is 4.57 Å². The number of allylic oxidation sites excluding steroid dienone is 5. The quantitative estimate of drug-likeness (QED) is 0.0173. The number of carbonyl (C=O) groups excluding carboxylic acids is 2. The fourth-order valence-corrected chi connectivity index (χ4v) is 5.30. The Labute approximate surface area is 281 Å². The van der Waals surface area contributed by atoms with Gasteiger partial charge in [0, 0.05) is 12.8 Å². The highest BCUT2D eigenvalue weighted by molar-refractivity contribution is 7.46. The Morgan fingerprint density at radius 1 is 0.630 bits per heavy atom. The number of phosphoric ester groups is 1. The van der Waals surface area contributed by atoms with Crippen LogP contribution in [0.5, 0.6) is 0 Å². The predicted octanol–water partition coefficient (Wildman–Crippen LogP) is 10.6. The summed E-state index contributed by atoms with van der Waals surface area (Å²) < 4.78 is 26.6. The molecule has 46 heavy (non-hydrogen) atoms. The summed E-state index contributed by atoms with van der Waals surface area (Å²) in [5.74, 6) is -0.242. The van der Waals surface area contributed by atoms with Crippen molar-refractivity contribution in [3.63, 3.8) is 0 Å². The number of esters is 1. The molecule has 0 bridgehead atoms. The minimum absolute atomic E-state index is 0.139. The van der Waals surface area contributed by atoms with Crippen LogP contribution in [0.4, 0.5) is 0 Å². The van der Waals surface area contributed by atoms with E-state index in [1.54, 1.807) is 6.08 Å². The van der Waals surface area contributed by atoms with Crippen molar-refractivity contribution in [2.75, 3.05) is 13.2 Å². The van der Waals surface area contributed by atoms with Crippen LogP contribution in [0.25, 0.3) is 0 Å². The van der Waals surface area contributed by atoms with Crippen molar-refractivity contribution >= 4 is 19.6 Å². The minimum atomic E-state index is -4.66. The second kappa shape index (κ2) is 33.2. The van der Waals surface area contributed by atoms with Crippen LogP contribution in [-0.2, 0) is 28.2 Å². The second-order valence-electron chi connectivity index (χ2n) is 12.3. The van der Waals surface area contributed by atoms with Crippen molar-refractivity contribution in [2.45, 2.75) is 174 Å². The monoisotopic (exact) mass is 670 g/mol. The number of hydrogen-bond donors (Lipinski definition) is 2. The molecule has 1 atom stereocenters. The SMILES string of the molecule is CCCCC/C=C\C=C\C(=O)CCCCCCCC(=O)OC[C@H](COP(=O)(O)O)O/C=C/CCCCCCCCCCCCCC. The Hall–Kier alpha value is -1.73. The van der Waals surface area contributed by atoms with E-state index < -0.39 is 13.9 Å². The molecule has 0 aliphatic carbocycles. The Morgan fingerprint density at radius 2 is 1.13 bits per heavy atom. The van der Waals surface area contributed by atoms with Crippen LogP contribution in [0.15, 0.2) is 36.6 Å². The summed E-state index contributed by atoms with van der Waals surface area (Å²) in [5, 5.41) is 0. The maximum absolute atomic E-state index is 12.2. The van der Waals surface area contributed by atoms with Crippen LogP contribution in [-0.4, -0.2) is 40.9 Å². The molecule has 0 aromatic carbocycles. The van der Waals surface area contributed by atoms with E-state index in [-0.39, 0.29) is 31.4 Å². The summed E-state index contributed by atoms with van der Waals surface area (Å²) in [6.45, 7) is 3.90. The fraction of sp³-hybridized carbons (Fsp3) is 0.784. The highest BCUT2D eigenvalue weighted by Gasteiger charge is 2.20. The summed E-state index contributed by atoms with van der Waals surface area (Å²) >= 11 is 0. The lowest BCUT2D eigenvalue weighted by molar-refractivity contribution is -0.147. The number of ketones is 1. The first-order chi connectivity index (χ1) is 22.3. The van der Waals surface area contributed by atoms with E-state index in [9.17, 15) is 14.2 Å². The summed E-state index contributed by atoms with van der Waals surface area (Å²) in [7, 11) is -4.66. The fourth-order valence-electron chi connectivity index (χ4n) is 4.93. The molecule has 9 heteroatoms. The maximum atomic E-state index is 12.2. The molecule has 0 spiro atoms. The number of rotatable bonds is 34. The van der Waals surface area contributed by atoms with Gasteiger partial charge in [0.2, 0.25) is 0 Å². The number of unbranched alkanes of at least 4 members (excludes halogenated alkanes) is 19. The topological polar surface area (TPSA) is 119 Å². The molecule has 2 N–H and O–H groups in total. The third-order valence-corrected chi connectivity index (χ3v) is 8.24. The van der Waals surface area contributed by atoms with Crippen molar-refractivity contribution in [3.05, 3.63) is 36.6 Å². The van der Waals surface area contributed by atoms with Crippen LogP contribution in [0.1, 0.15) is 168 Å². The average Bonchev–Trinajstić information content (AvgIpc) is 3.02. The van der Waals surface area contributed by atoms with Crippen LogP contribution in [0, 0.1) is 0 Å². The largest absolute Gasteiger partial charge is 0.492 e. The summed E-state index contributed by atoms with van der Waals surface area (Å²) in [6.07, 6.45) is 36.2. The lowest BCUT2D eigenvalue weighted by Gasteiger charge is -2.17. The Kier molecular flexibility index (Phi) is 31.9. The van der Waals surface area contributed by atoms with Gasteiger partial charge in [-0.15, -0.1) is 0 Å². The van der Waals surface area contributed by atoms with E-state index in [0.717, 1.165) is 51.4 Å². The third kappa shape index (κ3) is 35.1. The van der Waals surface area contributed by atoms with Gasteiger partial charge < -0.3 is 19.3 Å². The summed E-state index contributed by atoms with van der Waals surface area (Å²) in [4.78, 5) is 42.2. The van der Waals surface area contributed by atoms with Crippen molar-refractivity contribution in [1.82, 2.24) is 0 Å². The first kappa shape index (κ1) is 44.3. The lowest BCUT2D eigenvalue weighted by Crippen LogP contribution is -2.25. The molecule has 0 fully saturated rings. The molecule has 8 nitrogen and oxygen atoms in total. The first-order valence-electron chi connectivity index (χ1n) is 18.3. The number of hydrogen-bond acceptors (Lipinski definition) is 6. The third-order valence-electron chi connectivity index (χ3n) is 7.76. The van der Waals surface area contributed by atoms with Crippen LogP contribution in [0.3, 0.4) is 0 Å². The Morgan fingerprint density at radius 3 is 1.74 bits per heavy atom. The van der Waals surface area contributed by atoms with Gasteiger partial charge in [-0.2, -0.15) is 0 Å². The predicted molar refractivity (Wildman–Crippen MR) is 188 cm³/mol. The number of ether oxygens (including phenoxy) is 2. The summed E-state index contributed by atoms with van der Waals surface area (Å²) in [5.41, 5.74) is 0. The van der Waals surface area contributed by atoms with Gasteiger partial charge in [-0.3, -0.25) is 14.1 Å². The van der Waals surface area contributed by atoms with E-state index in [0.29, 0.717) is 12.8 Å². The molecule has 0 radical (unpaired) electrons. The second-order valence-corrected chi connectivity index (χ2v) is 13.5. The molecule has 268 valence electrons. The normalized spacial score (nSPS) is 12.9. The average molecular weight is 671 g/mol. The van der Waals surface area contributed by atoms with Gasteiger partial charge in [0.25, 0.3) is 0 Å². The van der Waals surface area contributed by atoms with Crippen molar-refractivity contribution in [3.8, 4) is 0 Å². The van der Waals surface area contributed by atoms with E-state index >= 15 is 0 Å². The van der Waals surface area contributed by atoms with Crippen LogP contribution >= 0.6 is 7.82 Å². The van der Waals surface area contributed by atoms with Crippen molar-refractivity contribution < 1.29 is 37.9 Å². The van der Waals surface area contributed by atoms with Gasteiger partial charge in [-0.05, 0) is 50.7 Å². The molecule has 0 aliphatic rings.